The molecule has 2 aliphatic heterocycles. The second kappa shape index (κ2) is 8.07. The highest BCUT2D eigenvalue weighted by molar-refractivity contribution is 5.47. The maximum Gasteiger partial charge on any atom is 0.238 e. The minimum Gasteiger partial charge on any atom is -0.497 e. The number of nitrogens with zero attached hydrogens (tertiary/aromatic N) is 3. The van der Waals surface area contributed by atoms with Gasteiger partial charge in [0.15, 0.2) is 0 Å². The SMILES string of the molecule is COc1ccc(OC2C[C@H]3CCC[C@@H](C2)N3Oc2ccc(C)cn2)c(C#N)c1. The number of nitriles is 1. The van der Waals surface area contributed by atoms with Crippen LogP contribution in [0.15, 0.2) is 36.5 Å². The zero-order valence-electron chi connectivity index (χ0n) is 16.3. The number of benzene rings is 1. The molecule has 1 unspecified atom stereocenters. The summed E-state index contributed by atoms with van der Waals surface area (Å²) in [5, 5.41) is 11.6. The van der Waals surface area contributed by atoms with Gasteiger partial charge in [0.2, 0.25) is 5.88 Å². The molecule has 2 fully saturated rings. The van der Waals surface area contributed by atoms with Gasteiger partial charge in [-0.15, -0.1) is 5.06 Å². The van der Waals surface area contributed by atoms with Gasteiger partial charge in [-0.05, 0) is 37.5 Å². The van der Waals surface area contributed by atoms with Crippen LogP contribution in [0.4, 0.5) is 0 Å². The summed E-state index contributed by atoms with van der Waals surface area (Å²) in [5.41, 5.74) is 1.62. The van der Waals surface area contributed by atoms with Crippen molar-refractivity contribution in [3.05, 3.63) is 47.7 Å². The van der Waals surface area contributed by atoms with Crippen LogP contribution in [0.1, 0.15) is 43.2 Å². The molecule has 0 N–H and O–H groups in total. The number of hydrogen-bond acceptors (Lipinski definition) is 6. The van der Waals surface area contributed by atoms with Crippen molar-refractivity contribution in [3.63, 3.8) is 0 Å². The van der Waals surface area contributed by atoms with Gasteiger partial charge in [-0.2, -0.15) is 5.26 Å². The lowest BCUT2D eigenvalue weighted by atomic mass is 9.84. The quantitative estimate of drug-likeness (QED) is 0.781. The summed E-state index contributed by atoms with van der Waals surface area (Å²) in [4.78, 5) is 10.5. The fraction of sp³-hybridized carbons (Fsp3) is 0.455. The molecular weight excluding hydrogens is 354 g/mol. The normalized spacial score (nSPS) is 24.2. The van der Waals surface area contributed by atoms with Crippen molar-refractivity contribution in [2.24, 2.45) is 0 Å². The van der Waals surface area contributed by atoms with Crippen LogP contribution in [0.5, 0.6) is 17.4 Å². The van der Waals surface area contributed by atoms with Crippen molar-refractivity contribution in [2.45, 2.75) is 57.2 Å². The summed E-state index contributed by atoms with van der Waals surface area (Å²) in [6.07, 6.45) is 7.01. The molecule has 1 aromatic carbocycles. The Kier molecular flexibility index (Phi) is 5.36. The number of pyridine rings is 1. The largest absolute Gasteiger partial charge is 0.497 e. The standard InChI is InChI=1S/C22H25N3O3/c1-15-6-9-22(24-14-15)28-25-17-4-3-5-18(25)12-20(11-17)27-21-8-7-19(26-2)10-16(21)13-23/h6-10,14,17-18,20H,3-5,11-12H2,1-2H3/t17-,18+,20?. The number of ether oxygens (including phenoxy) is 2. The number of methoxy groups -OCH3 is 1. The van der Waals surface area contributed by atoms with Crippen LogP contribution in [0.25, 0.3) is 0 Å². The highest BCUT2D eigenvalue weighted by Gasteiger charge is 2.41. The Morgan fingerprint density at radius 3 is 2.57 bits per heavy atom. The van der Waals surface area contributed by atoms with Crippen LogP contribution in [0.2, 0.25) is 0 Å². The van der Waals surface area contributed by atoms with Gasteiger partial charge < -0.3 is 14.3 Å². The summed E-state index contributed by atoms with van der Waals surface area (Å²) < 4.78 is 11.5. The Morgan fingerprint density at radius 2 is 1.93 bits per heavy atom. The van der Waals surface area contributed by atoms with Crippen molar-refractivity contribution in [2.75, 3.05) is 7.11 Å². The first-order chi connectivity index (χ1) is 13.7. The second-order valence-electron chi connectivity index (χ2n) is 7.55. The van der Waals surface area contributed by atoms with Gasteiger partial charge >= 0.3 is 0 Å². The summed E-state index contributed by atoms with van der Waals surface area (Å²) in [5.74, 6) is 1.93. The van der Waals surface area contributed by atoms with Crippen molar-refractivity contribution in [1.29, 1.82) is 5.26 Å². The number of hydroxylamine groups is 2. The van der Waals surface area contributed by atoms with Gasteiger partial charge in [0.05, 0.1) is 12.7 Å². The fourth-order valence-corrected chi connectivity index (χ4v) is 4.16. The highest BCUT2D eigenvalue weighted by Crippen LogP contribution is 2.37. The van der Waals surface area contributed by atoms with Crippen molar-refractivity contribution < 1.29 is 14.3 Å². The third-order valence-corrected chi connectivity index (χ3v) is 5.55. The van der Waals surface area contributed by atoms with Crippen molar-refractivity contribution in [1.82, 2.24) is 10.0 Å². The molecule has 146 valence electrons. The Morgan fingerprint density at radius 1 is 1.14 bits per heavy atom. The number of piperidine rings is 2. The molecule has 28 heavy (non-hydrogen) atoms. The molecule has 2 bridgehead atoms. The Balaban J connectivity index is 1.46. The summed E-state index contributed by atoms with van der Waals surface area (Å²) in [6.45, 7) is 2.02. The molecule has 3 atom stereocenters. The van der Waals surface area contributed by atoms with E-state index in [1.807, 2.05) is 37.4 Å². The van der Waals surface area contributed by atoms with Crippen LogP contribution >= 0.6 is 0 Å². The Bertz CT molecular complexity index is 848. The minimum absolute atomic E-state index is 0.0709. The monoisotopic (exact) mass is 379 g/mol. The van der Waals surface area contributed by atoms with Crippen molar-refractivity contribution >= 4 is 0 Å². The molecule has 1 aromatic heterocycles. The molecule has 2 aromatic rings. The van der Waals surface area contributed by atoms with E-state index in [9.17, 15) is 5.26 Å². The van der Waals surface area contributed by atoms with Gasteiger partial charge in [-0.1, -0.05) is 12.5 Å². The molecule has 6 nitrogen and oxygen atoms in total. The van der Waals surface area contributed by atoms with Crippen molar-refractivity contribution in [3.8, 4) is 23.4 Å². The van der Waals surface area contributed by atoms with E-state index in [1.165, 1.54) is 6.42 Å². The Hall–Kier alpha value is -2.78. The minimum atomic E-state index is 0.0709. The first-order valence-corrected chi connectivity index (χ1v) is 9.80. The maximum absolute atomic E-state index is 9.43. The first-order valence-electron chi connectivity index (χ1n) is 9.80. The molecule has 0 amide bonds. The van der Waals surface area contributed by atoms with Gasteiger partial charge in [-0.3, -0.25) is 0 Å². The lowest BCUT2D eigenvalue weighted by Crippen LogP contribution is -2.55. The third-order valence-electron chi connectivity index (χ3n) is 5.55. The predicted octanol–water partition coefficient (Wildman–Crippen LogP) is 4.03. The average molecular weight is 379 g/mol. The van der Waals surface area contributed by atoms with E-state index in [-0.39, 0.29) is 6.10 Å². The second-order valence-corrected chi connectivity index (χ2v) is 7.55. The topological polar surface area (TPSA) is 67.6 Å². The summed E-state index contributed by atoms with van der Waals surface area (Å²) >= 11 is 0. The summed E-state index contributed by atoms with van der Waals surface area (Å²) in [7, 11) is 1.59. The number of hydrogen-bond donors (Lipinski definition) is 0. The van der Waals surface area contributed by atoms with E-state index < -0.39 is 0 Å². The molecule has 2 aliphatic rings. The lowest BCUT2D eigenvalue weighted by Gasteiger charge is -2.46. The fourth-order valence-electron chi connectivity index (χ4n) is 4.16. The Labute approximate surface area is 165 Å². The first kappa shape index (κ1) is 18.6. The van der Waals surface area contributed by atoms with E-state index in [2.05, 4.69) is 16.1 Å². The van der Waals surface area contributed by atoms with E-state index in [0.717, 1.165) is 31.2 Å². The molecule has 2 saturated heterocycles. The molecule has 4 rings (SSSR count). The van der Waals surface area contributed by atoms with Gasteiger partial charge in [0, 0.05) is 43.3 Å². The van der Waals surface area contributed by atoms with Gasteiger partial charge in [-0.25, -0.2) is 4.98 Å². The summed E-state index contributed by atoms with van der Waals surface area (Å²) in [6, 6.07) is 12.1. The average Bonchev–Trinajstić information content (AvgIpc) is 2.70. The zero-order valence-corrected chi connectivity index (χ0v) is 16.3. The van der Waals surface area contributed by atoms with Crippen LogP contribution in [-0.4, -0.2) is 35.3 Å². The maximum atomic E-state index is 9.43. The van der Waals surface area contributed by atoms with Crippen LogP contribution in [0, 0.1) is 18.3 Å². The smallest absolute Gasteiger partial charge is 0.238 e. The zero-order chi connectivity index (χ0) is 19.5. The number of fused-ring (bicyclic) bond motifs is 2. The molecule has 0 radical (unpaired) electrons. The lowest BCUT2D eigenvalue weighted by molar-refractivity contribution is -0.185. The molecule has 0 saturated carbocycles. The van der Waals surface area contributed by atoms with E-state index in [4.69, 9.17) is 14.3 Å². The number of aryl methyl sites for hydroxylation is 1. The van der Waals surface area contributed by atoms with Crippen LogP contribution in [0.3, 0.4) is 0 Å². The molecule has 6 heteroatoms. The molecule has 0 aliphatic carbocycles. The van der Waals surface area contributed by atoms with Gasteiger partial charge in [0.25, 0.3) is 0 Å². The number of rotatable bonds is 5. The van der Waals surface area contributed by atoms with E-state index >= 15 is 0 Å². The van der Waals surface area contributed by atoms with Crippen LogP contribution < -0.4 is 14.3 Å². The van der Waals surface area contributed by atoms with E-state index in [1.54, 1.807) is 13.2 Å². The van der Waals surface area contributed by atoms with Crippen LogP contribution in [-0.2, 0) is 0 Å². The molecule has 3 heterocycles. The molecular formula is C22H25N3O3. The van der Waals surface area contributed by atoms with E-state index in [0.29, 0.717) is 35.0 Å². The highest BCUT2D eigenvalue weighted by atomic mass is 16.7. The predicted molar refractivity (Wildman–Crippen MR) is 104 cm³/mol. The molecule has 0 spiro atoms. The number of aromatic nitrogens is 1. The van der Waals surface area contributed by atoms with Gasteiger partial charge in [0.1, 0.15) is 23.7 Å². The third kappa shape index (κ3) is 3.90.